The van der Waals surface area contributed by atoms with Crippen LogP contribution in [-0.4, -0.2) is 85.6 Å². The fourth-order valence-electron chi connectivity index (χ4n) is 6.74. The molecule has 0 bridgehead atoms. The smallest absolute Gasteiger partial charge is 0.269 e. The first kappa shape index (κ1) is 33.8. The Bertz CT molecular complexity index is 2190. The molecular weight excluding hydrogens is 664 g/mol. The van der Waals surface area contributed by atoms with Crippen molar-refractivity contribution in [2.75, 3.05) is 47.5 Å². The van der Waals surface area contributed by atoms with Gasteiger partial charge in [0.2, 0.25) is 0 Å². The van der Waals surface area contributed by atoms with E-state index in [0.29, 0.717) is 36.8 Å². The van der Waals surface area contributed by atoms with Gasteiger partial charge >= 0.3 is 0 Å². The summed E-state index contributed by atoms with van der Waals surface area (Å²) in [6, 6.07) is 12.3. The van der Waals surface area contributed by atoms with Crippen molar-refractivity contribution >= 4 is 27.1 Å². The highest BCUT2D eigenvalue weighted by Gasteiger charge is 2.29. The van der Waals surface area contributed by atoms with E-state index in [4.69, 9.17) is 14.5 Å². The van der Waals surface area contributed by atoms with E-state index in [1.54, 1.807) is 19.2 Å². The molecule has 2 aromatic heterocycles. The standard InChI is InChI=1S/C37H37F2N5O5S/c1-22-5-7-27(8-6-22)50(46,47)44-20-29(25-14-30(38)34(31(39)15-25)37(45)43(3)18-23-10-12-49-21-23)35-36(44)40-17-32(41-35)26-13-24-9-11-42(2)19-28(24)33(16-26)48-4/h5-8,13-17,20,23H,9-12,18-19,21H2,1-4H3. The Kier molecular flexibility index (Phi) is 8.91. The fourth-order valence-corrected chi connectivity index (χ4v) is 8.05. The van der Waals surface area contributed by atoms with Crippen molar-refractivity contribution in [2.24, 2.45) is 5.92 Å². The maximum absolute atomic E-state index is 15.8. The second-order valence-corrected chi connectivity index (χ2v) is 14.9. The van der Waals surface area contributed by atoms with Crippen LogP contribution in [0.15, 0.2) is 65.8 Å². The average Bonchev–Trinajstić information content (AvgIpc) is 3.75. The molecule has 1 amide bonds. The van der Waals surface area contributed by atoms with Crippen LogP contribution < -0.4 is 4.74 Å². The summed E-state index contributed by atoms with van der Waals surface area (Å²) in [7, 11) is 0.946. The predicted molar refractivity (Wildman–Crippen MR) is 185 cm³/mol. The minimum atomic E-state index is -4.21. The van der Waals surface area contributed by atoms with Crippen LogP contribution in [0.1, 0.15) is 33.5 Å². The number of likely N-dealkylation sites (N-methyl/N-ethyl adjacent to an activating group) is 1. The molecule has 0 radical (unpaired) electrons. The highest BCUT2D eigenvalue weighted by atomic mass is 32.2. The molecule has 0 N–H and O–H groups in total. The first-order valence-electron chi connectivity index (χ1n) is 16.4. The molecule has 0 aliphatic carbocycles. The third-order valence-corrected chi connectivity index (χ3v) is 11.2. The molecule has 1 unspecified atom stereocenters. The van der Waals surface area contributed by atoms with Crippen LogP contribution in [0, 0.1) is 24.5 Å². The monoisotopic (exact) mass is 701 g/mol. The molecule has 10 nitrogen and oxygen atoms in total. The van der Waals surface area contributed by atoms with Crippen molar-refractivity contribution < 1.29 is 31.5 Å². The minimum Gasteiger partial charge on any atom is -0.496 e. The summed E-state index contributed by atoms with van der Waals surface area (Å²) in [5.41, 5.74) is 3.73. The number of benzene rings is 3. The number of hydrogen-bond acceptors (Lipinski definition) is 8. The zero-order valence-corrected chi connectivity index (χ0v) is 29.1. The molecule has 50 heavy (non-hydrogen) atoms. The van der Waals surface area contributed by atoms with E-state index in [9.17, 15) is 13.2 Å². The molecule has 1 atom stereocenters. The van der Waals surface area contributed by atoms with Crippen LogP contribution >= 0.6 is 0 Å². The molecule has 1 saturated heterocycles. The van der Waals surface area contributed by atoms with Gasteiger partial charge in [-0.25, -0.2) is 31.1 Å². The molecule has 0 spiro atoms. The van der Waals surface area contributed by atoms with Gasteiger partial charge in [-0.15, -0.1) is 0 Å². The second-order valence-electron chi connectivity index (χ2n) is 13.1. The van der Waals surface area contributed by atoms with Gasteiger partial charge in [0, 0.05) is 62.1 Å². The lowest BCUT2D eigenvalue weighted by molar-refractivity contribution is 0.0756. The Morgan fingerprint density at radius 3 is 2.52 bits per heavy atom. The highest BCUT2D eigenvalue weighted by Crippen LogP contribution is 2.37. The number of halogens is 2. The number of methoxy groups -OCH3 is 1. The van der Waals surface area contributed by atoms with Crippen LogP contribution in [0.5, 0.6) is 5.75 Å². The van der Waals surface area contributed by atoms with E-state index in [1.807, 2.05) is 26.1 Å². The Balaban J connectivity index is 1.36. The molecule has 4 heterocycles. The maximum Gasteiger partial charge on any atom is 0.269 e. The second kappa shape index (κ2) is 13.2. The van der Waals surface area contributed by atoms with Gasteiger partial charge in [-0.05, 0) is 74.3 Å². The number of hydrogen-bond donors (Lipinski definition) is 0. The number of fused-ring (bicyclic) bond motifs is 2. The summed E-state index contributed by atoms with van der Waals surface area (Å²) in [6.07, 6.45) is 4.32. The molecule has 2 aliphatic heterocycles. The number of amides is 1. The number of ether oxygens (including phenoxy) is 2. The summed E-state index contributed by atoms with van der Waals surface area (Å²) in [5.74, 6) is -2.16. The van der Waals surface area contributed by atoms with E-state index < -0.39 is 33.1 Å². The third kappa shape index (κ3) is 6.14. The first-order chi connectivity index (χ1) is 23.9. The average molecular weight is 702 g/mol. The number of carbonyl (C=O) groups excluding carboxylic acids is 1. The predicted octanol–water partition coefficient (Wildman–Crippen LogP) is 5.69. The molecule has 5 aromatic rings. The lowest BCUT2D eigenvalue weighted by atomic mass is 9.95. The van der Waals surface area contributed by atoms with Crippen LogP contribution in [-0.2, 0) is 27.7 Å². The van der Waals surface area contributed by atoms with Crippen molar-refractivity contribution in [3.8, 4) is 28.1 Å². The first-order valence-corrected chi connectivity index (χ1v) is 17.8. The normalized spacial score (nSPS) is 16.5. The molecule has 0 saturated carbocycles. The van der Waals surface area contributed by atoms with Gasteiger partial charge in [0.15, 0.2) is 5.65 Å². The minimum absolute atomic E-state index is 0.00348. The Labute approximate surface area is 289 Å². The van der Waals surface area contributed by atoms with Gasteiger partial charge in [0.05, 0.1) is 30.5 Å². The molecule has 7 rings (SSSR count). The van der Waals surface area contributed by atoms with E-state index in [0.717, 1.165) is 58.7 Å². The third-order valence-electron chi connectivity index (χ3n) is 9.52. The van der Waals surface area contributed by atoms with E-state index in [1.165, 1.54) is 36.5 Å². The summed E-state index contributed by atoms with van der Waals surface area (Å²) >= 11 is 0. The summed E-state index contributed by atoms with van der Waals surface area (Å²) in [6.45, 7) is 4.81. The largest absolute Gasteiger partial charge is 0.496 e. The van der Waals surface area contributed by atoms with Gasteiger partial charge < -0.3 is 19.3 Å². The summed E-state index contributed by atoms with van der Waals surface area (Å²) in [5, 5.41) is 0. The van der Waals surface area contributed by atoms with E-state index in [-0.39, 0.29) is 33.1 Å². The van der Waals surface area contributed by atoms with Crippen molar-refractivity contribution in [2.45, 2.75) is 31.2 Å². The lowest BCUT2D eigenvalue weighted by Gasteiger charge is -2.27. The van der Waals surface area contributed by atoms with Gasteiger partial charge in [0.25, 0.3) is 15.9 Å². The topological polar surface area (TPSA) is 107 Å². The van der Waals surface area contributed by atoms with Crippen LogP contribution in [0.2, 0.25) is 0 Å². The fraction of sp³-hybridized carbons (Fsp3) is 0.324. The molecule has 1 fully saturated rings. The molecule has 260 valence electrons. The SMILES string of the molecule is COc1cc(-c2cnc3c(n2)c(-c2cc(F)c(C(=O)N(C)CC4CCOC4)c(F)c2)cn3S(=O)(=O)c2ccc(C)cc2)cc2c1CN(C)CC2. The number of aromatic nitrogens is 3. The summed E-state index contributed by atoms with van der Waals surface area (Å²) in [4.78, 5) is 26.2. The molecule has 3 aromatic carbocycles. The maximum atomic E-state index is 15.8. The zero-order chi connectivity index (χ0) is 35.3. The quantitative estimate of drug-likeness (QED) is 0.203. The van der Waals surface area contributed by atoms with Crippen molar-refractivity contribution in [3.05, 3.63) is 94.8 Å². The Morgan fingerprint density at radius 1 is 1.10 bits per heavy atom. The molecular formula is C37H37F2N5O5S. The number of carbonyl (C=O) groups is 1. The van der Waals surface area contributed by atoms with Gasteiger partial charge in [0.1, 0.15) is 28.5 Å². The van der Waals surface area contributed by atoms with Crippen molar-refractivity contribution in [1.82, 2.24) is 23.7 Å². The molecule has 2 aliphatic rings. The van der Waals surface area contributed by atoms with Gasteiger partial charge in [-0.1, -0.05) is 17.7 Å². The van der Waals surface area contributed by atoms with E-state index in [2.05, 4.69) is 9.88 Å². The lowest BCUT2D eigenvalue weighted by Crippen LogP contribution is -2.33. The van der Waals surface area contributed by atoms with Crippen LogP contribution in [0.3, 0.4) is 0 Å². The number of aryl methyl sites for hydroxylation is 1. The van der Waals surface area contributed by atoms with Gasteiger partial charge in [-0.2, -0.15) is 0 Å². The van der Waals surface area contributed by atoms with Gasteiger partial charge in [-0.3, -0.25) is 4.79 Å². The van der Waals surface area contributed by atoms with Crippen molar-refractivity contribution in [1.29, 1.82) is 0 Å². The molecule has 13 heteroatoms. The van der Waals surface area contributed by atoms with Crippen LogP contribution in [0.4, 0.5) is 8.78 Å². The highest BCUT2D eigenvalue weighted by molar-refractivity contribution is 7.90. The van der Waals surface area contributed by atoms with E-state index >= 15 is 8.78 Å². The Morgan fingerprint density at radius 2 is 1.84 bits per heavy atom. The number of nitrogens with zero attached hydrogens (tertiary/aromatic N) is 5. The van der Waals surface area contributed by atoms with Crippen molar-refractivity contribution in [3.63, 3.8) is 0 Å². The van der Waals surface area contributed by atoms with Crippen LogP contribution in [0.25, 0.3) is 33.5 Å². The number of rotatable bonds is 8. The summed E-state index contributed by atoms with van der Waals surface area (Å²) < 4.78 is 71.7. The zero-order valence-electron chi connectivity index (χ0n) is 28.2. The Hall–Kier alpha value is -4.72.